The first kappa shape index (κ1) is 27.8. The zero-order valence-corrected chi connectivity index (χ0v) is 24.1. The summed E-state index contributed by atoms with van der Waals surface area (Å²) in [6.07, 6.45) is 10.4. The van der Waals surface area contributed by atoms with Gasteiger partial charge in [0.25, 0.3) is 5.91 Å². The number of hydrogen-bond acceptors (Lipinski definition) is 7. The van der Waals surface area contributed by atoms with E-state index in [2.05, 4.69) is 49.5 Å². The predicted octanol–water partition coefficient (Wildman–Crippen LogP) is 3.75. The zero-order chi connectivity index (χ0) is 29.1. The van der Waals surface area contributed by atoms with Crippen molar-refractivity contribution < 1.29 is 14.3 Å². The summed E-state index contributed by atoms with van der Waals surface area (Å²) < 4.78 is 7.82. The topological polar surface area (TPSA) is 117 Å². The van der Waals surface area contributed by atoms with Gasteiger partial charge in [0.15, 0.2) is 11.5 Å². The average molecular weight is 589 g/mol. The Morgan fingerprint density at radius 2 is 1.90 bits per heavy atom. The summed E-state index contributed by atoms with van der Waals surface area (Å²) in [5, 5.41) is 6.25. The highest BCUT2D eigenvalue weighted by Gasteiger charge is 2.44. The highest BCUT2D eigenvalue weighted by molar-refractivity contribution is 6.33. The molecule has 12 heteroatoms. The second kappa shape index (κ2) is 11.8. The molecule has 1 spiro atoms. The molecule has 3 amide bonds. The Morgan fingerprint density at radius 3 is 2.67 bits per heavy atom. The molecule has 2 saturated heterocycles. The Kier molecular flexibility index (Phi) is 7.84. The fourth-order valence-electron chi connectivity index (χ4n) is 5.61. The predicted molar refractivity (Wildman–Crippen MR) is 159 cm³/mol. The lowest BCUT2D eigenvalue weighted by Crippen LogP contribution is -2.52. The maximum Gasteiger partial charge on any atom is 0.318 e. The molecular formula is C30H33ClN8O3. The van der Waals surface area contributed by atoms with E-state index in [9.17, 15) is 9.59 Å². The molecule has 1 aromatic carbocycles. The van der Waals surface area contributed by atoms with Crippen LogP contribution < -0.4 is 20.3 Å². The second-order valence-corrected chi connectivity index (χ2v) is 11.3. The van der Waals surface area contributed by atoms with Crippen molar-refractivity contribution in [2.75, 3.05) is 44.2 Å². The van der Waals surface area contributed by atoms with Gasteiger partial charge in [-0.1, -0.05) is 48.9 Å². The Bertz CT molecular complexity index is 1570. The average Bonchev–Trinajstić information content (AvgIpc) is 3.61. The molecule has 42 heavy (non-hydrogen) atoms. The third-order valence-electron chi connectivity index (χ3n) is 8.03. The van der Waals surface area contributed by atoms with Crippen LogP contribution in [0.15, 0.2) is 67.4 Å². The minimum atomic E-state index is -0.396. The Hall–Kier alpha value is -4.38. The van der Waals surface area contributed by atoms with Crippen LogP contribution in [0.2, 0.25) is 5.02 Å². The van der Waals surface area contributed by atoms with Crippen molar-refractivity contribution in [2.45, 2.75) is 31.2 Å². The van der Waals surface area contributed by atoms with Gasteiger partial charge in [0.05, 0.1) is 23.4 Å². The van der Waals surface area contributed by atoms with Gasteiger partial charge in [0.2, 0.25) is 0 Å². The fourth-order valence-corrected chi connectivity index (χ4v) is 5.85. The van der Waals surface area contributed by atoms with Gasteiger partial charge in [-0.3, -0.25) is 4.79 Å². The number of carbonyl (C=O) groups is 2. The van der Waals surface area contributed by atoms with Crippen LogP contribution >= 0.6 is 11.6 Å². The van der Waals surface area contributed by atoms with Crippen LogP contribution in [0.1, 0.15) is 41.7 Å². The number of ether oxygens (including phenoxy) is 1. The molecule has 0 bridgehead atoms. The zero-order valence-electron chi connectivity index (χ0n) is 23.4. The van der Waals surface area contributed by atoms with Crippen molar-refractivity contribution in [2.24, 2.45) is 0 Å². The van der Waals surface area contributed by atoms with Crippen LogP contribution in [0.4, 0.5) is 10.6 Å². The minimum absolute atomic E-state index is 0.117. The first-order valence-electron chi connectivity index (χ1n) is 14.1. The van der Waals surface area contributed by atoms with Crippen molar-refractivity contribution in [3.63, 3.8) is 0 Å². The van der Waals surface area contributed by atoms with Crippen molar-refractivity contribution in [1.29, 1.82) is 0 Å². The maximum atomic E-state index is 12.8. The molecule has 2 aliphatic rings. The van der Waals surface area contributed by atoms with E-state index in [-0.39, 0.29) is 34.7 Å². The molecule has 5 heterocycles. The molecule has 0 saturated carbocycles. The summed E-state index contributed by atoms with van der Waals surface area (Å²) in [4.78, 5) is 42.8. The van der Waals surface area contributed by atoms with Gasteiger partial charge in [-0.25, -0.2) is 19.7 Å². The van der Waals surface area contributed by atoms with Gasteiger partial charge in [0, 0.05) is 69.5 Å². The van der Waals surface area contributed by atoms with Crippen molar-refractivity contribution in [3.05, 3.63) is 83.7 Å². The molecule has 4 aromatic rings. The molecule has 1 atom stereocenters. The Labute approximate surface area is 248 Å². The Morgan fingerprint density at radius 1 is 1.14 bits per heavy atom. The van der Waals surface area contributed by atoms with Crippen LogP contribution in [-0.4, -0.2) is 81.1 Å². The van der Waals surface area contributed by atoms with Gasteiger partial charge in [0.1, 0.15) is 11.4 Å². The molecule has 3 aromatic heterocycles. The van der Waals surface area contributed by atoms with E-state index in [1.807, 2.05) is 35.0 Å². The number of nitrogens with one attached hydrogen (secondary N) is 2. The SMILES string of the molecule is CC(COc1cnc(C(=O)NCCN2CC3(CCN(c4nccn5ccnc45)CC3)NC2=O)c(Cl)c1)c1ccccc1. The maximum absolute atomic E-state index is 12.8. The fraction of sp³-hybridized carbons (Fsp3) is 0.367. The Balaban J connectivity index is 0.972. The number of amides is 3. The number of anilines is 1. The molecule has 1 unspecified atom stereocenters. The molecule has 11 nitrogen and oxygen atoms in total. The van der Waals surface area contributed by atoms with Crippen LogP contribution in [0.25, 0.3) is 5.65 Å². The van der Waals surface area contributed by atoms with E-state index in [0.29, 0.717) is 25.4 Å². The van der Waals surface area contributed by atoms with Gasteiger partial charge >= 0.3 is 6.03 Å². The normalized spacial score (nSPS) is 17.0. The van der Waals surface area contributed by atoms with Crippen molar-refractivity contribution in [1.82, 2.24) is 34.9 Å². The number of imidazole rings is 1. The first-order chi connectivity index (χ1) is 20.4. The number of carbonyl (C=O) groups excluding carboxylic acids is 2. The summed E-state index contributed by atoms with van der Waals surface area (Å²) in [6.45, 7) is 5.32. The number of pyridine rings is 1. The van der Waals surface area contributed by atoms with E-state index >= 15 is 0 Å². The van der Waals surface area contributed by atoms with E-state index in [0.717, 1.165) is 37.4 Å². The number of piperidine rings is 1. The number of urea groups is 1. The molecule has 0 radical (unpaired) electrons. The largest absolute Gasteiger partial charge is 0.491 e. The summed E-state index contributed by atoms with van der Waals surface area (Å²) in [7, 11) is 0. The van der Waals surface area contributed by atoms with Crippen molar-refractivity contribution >= 4 is 35.0 Å². The number of fused-ring (bicyclic) bond motifs is 1. The van der Waals surface area contributed by atoms with Crippen LogP contribution in [0, 0.1) is 0 Å². The molecule has 2 N–H and O–H groups in total. The van der Waals surface area contributed by atoms with E-state index in [1.165, 1.54) is 11.8 Å². The number of hydrogen-bond donors (Lipinski definition) is 2. The lowest BCUT2D eigenvalue weighted by Gasteiger charge is -2.39. The third kappa shape index (κ3) is 5.82. The van der Waals surface area contributed by atoms with Gasteiger partial charge in [-0.05, 0) is 18.4 Å². The number of halogens is 1. The lowest BCUT2D eigenvalue weighted by molar-refractivity contribution is 0.0945. The third-order valence-corrected chi connectivity index (χ3v) is 8.32. The van der Waals surface area contributed by atoms with E-state index in [1.54, 1.807) is 23.4 Å². The van der Waals surface area contributed by atoms with Gasteiger partial charge in [-0.2, -0.15) is 0 Å². The van der Waals surface area contributed by atoms with E-state index < -0.39 is 5.91 Å². The molecule has 218 valence electrons. The molecule has 2 fully saturated rings. The molecular weight excluding hydrogens is 556 g/mol. The number of rotatable bonds is 9. The summed E-state index contributed by atoms with van der Waals surface area (Å²) >= 11 is 6.37. The molecule has 0 aliphatic carbocycles. The second-order valence-electron chi connectivity index (χ2n) is 10.9. The van der Waals surface area contributed by atoms with E-state index in [4.69, 9.17) is 16.3 Å². The highest BCUT2D eigenvalue weighted by Crippen LogP contribution is 2.31. The smallest absolute Gasteiger partial charge is 0.318 e. The van der Waals surface area contributed by atoms with Crippen molar-refractivity contribution in [3.8, 4) is 5.75 Å². The number of aromatic nitrogens is 4. The summed E-state index contributed by atoms with van der Waals surface area (Å²) in [5.74, 6) is 1.15. The van der Waals surface area contributed by atoms with Crippen LogP contribution in [0.3, 0.4) is 0 Å². The van der Waals surface area contributed by atoms with Gasteiger partial charge in [-0.15, -0.1) is 0 Å². The van der Waals surface area contributed by atoms with Gasteiger partial charge < -0.3 is 29.6 Å². The monoisotopic (exact) mass is 588 g/mol. The highest BCUT2D eigenvalue weighted by atomic mass is 35.5. The lowest BCUT2D eigenvalue weighted by atomic mass is 9.88. The number of benzene rings is 1. The quantitative estimate of drug-likeness (QED) is 0.306. The van der Waals surface area contributed by atoms with Crippen LogP contribution in [0.5, 0.6) is 5.75 Å². The number of nitrogens with zero attached hydrogens (tertiary/aromatic N) is 6. The van der Waals surface area contributed by atoms with Crippen LogP contribution in [-0.2, 0) is 0 Å². The molecule has 6 rings (SSSR count). The standard InChI is InChI=1S/C30H33ClN8O3/c1-21(22-5-3-2-4-6-22)19-42-23-17-24(31)25(35-18-23)28(40)34-11-16-39-20-30(36-29(39)41)7-12-37(13-8-30)26-27-33-10-15-38(27)14-9-32-26/h2-6,9-10,14-15,17-18,21H,7-8,11-13,16,19-20H2,1H3,(H,34,40)(H,36,41). The summed E-state index contributed by atoms with van der Waals surface area (Å²) in [5.41, 5.74) is 1.83. The summed E-state index contributed by atoms with van der Waals surface area (Å²) in [6, 6.07) is 11.6. The first-order valence-corrected chi connectivity index (χ1v) is 14.5. The molecule has 2 aliphatic heterocycles. The minimum Gasteiger partial charge on any atom is -0.491 e.